The Morgan fingerprint density at radius 1 is 1.32 bits per heavy atom. The lowest BCUT2D eigenvalue weighted by Crippen LogP contribution is -2.40. The summed E-state index contributed by atoms with van der Waals surface area (Å²) in [5, 5.41) is 10.2. The number of halogens is 3. The molecule has 2 N–H and O–H groups in total. The number of nitrogens with zero attached hydrogens (tertiary/aromatic N) is 1. The zero-order valence-corrected chi connectivity index (χ0v) is 15.9. The van der Waals surface area contributed by atoms with Gasteiger partial charge in [0.1, 0.15) is 17.6 Å². The quantitative estimate of drug-likeness (QED) is 0.459. The van der Waals surface area contributed by atoms with Crippen molar-refractivity contribution in [3.63, 3.8) is 0 Å². The topological polar surface area (TPSA) is 57.8 Å². The fourth-order valence-corrected chi connectivity index (χ4v) is 3.11. The summed E-state index contributed by atoms with van der Waals surface area (Å²) in [7, 11) is 0. The van der Waals surface area contributed by atoms with Crippen molar-refractivity contribution in [3.05, 3.63) is 71.8 Å². The van der Waals surface area contributed by atoms with Crippen molar-refractivity contribution in [3.8, 4) is 0 Å². The Hall–Kier alpha value is -2.86. The van der Waals surface area contributed by atoms with Crippen LogP contribution < -0.4 is 5.32 Å². The molecule has 0 fully saturated rings. The Kier molecular flexibility index (Phi) is 5.99. The molecule has 1 unspecified atom stereocenters. The minimum atomic E-state index is -0.667. The highest BCUT2D eigenvalue weighted by Gasteiger charge is 2.23. The lowest BCUT2D eigenvalue weighted by molar-refractivity contribution is 0.0929. The number of hydrogen-bond acceptors (Lipinski definition) is 2. The lowest BCUT2D eigenvalue weighted by atomic mass is 10.0. The molecule has 28 heavy (non-hydrogen) atoms. The van der Waals surface area contributed by atoms with Crippen molar-refractivity contribution in [1.82, 2.24) is 15.5 Å². The van der Waals surface area contributed by atoms with Crippen LogP contribution in [0, 0.1) is 24.5 Å². The summed E-state index contributed by atoms with van der Waals surface area (Å²) in [4.78, 5) is 12.5. The number of H-pyrrole nitrogens is 1. The first-order valence-electron chi connectivity index (χ1n) is 8.70. The number of amides is 1. The SMILES string of the molecule is [CH2+]C(C)[C@@H](CCl)NC(=O)c1cc2c(/C=C/c3cccc(F)c3)n[nH]c2cc1F. The Morgan fingerprint density at radius 2 is 2.11 bits per heavy atom. The van der Waals surface area contributed by atoms with Crippen LogP contribution in [0.25, 0.3) is 23.1 Å². The number of alkyl halides is 1. The fraction of sp³-hybridized carbons (Fsp3) is 0.190. The molecule has 0 saturated heterocycles. The molecule has 2 atom stereocenters. The van der Waals surface area contributed by atoms with Gasteiger partial charge in [0, 0.05) is 17.3 Å². The third-order valence-corrected chi connectivity index (χ3v) is 4.71. The zero-order chi connectivity index (χ0) is 20.3. The summed E-state index contributed by atoms with van der Waals surface area (Å²) in [5.41, 5.74) is 1.51. The zero-order valence-electron chi connectivity index (χ0n) is 15.2. The van der Waals surface area contributed by atoms with E-state index in [1.54, 1.807) is 24.3 Å². The van der Waals surface area contributed by atoms with E-state index in [-0.39, 0.29) is 29.2 Å². The van der Waals surface area contributed by atoms with Gasteiger partial charge < -0.3 is 5.32 Å². The number of nitrogens with one attached hydrogen (secondary N) is 2. The van der Waals surface area contributed by atoms with Gasteiger partial charge in [-0.3, -0.25) is 9.89 Å². The molecule has 0 aliphatic heterocycles. The molecule has 3 aromatic rings. The van der Waals surface area contributed by atoms with E-state index in [0.29, 0.717) is 22.2 Å². The Bertz CT molecular complexity index is 1030. The summed E-state index contributed by atoms with van der Waals surface area (Å²) in [5.74, 6) is -1.54. The molecule has 0 saturated carbocycles. The number of aromatic nitrogens is 2. The third kappa shape index (κ3) is 4.34. The molecule has 1 aromatic heterocycles. The first kappa shape index (κ1) is 19.9. The summed E-state index contributed by atoms with van der Waals surface area (Å²) < 4.78 is 27.7. The van der Waals surface area contributed by atoms with Gasteiger partial charge in [-0.15, -0.1) is 11.6 Å². The van der Waals surface area contributed by atoms with Gasteiger partial charge in [-0.25, -0.2) is 8.78 Å². The molecule has 3 rings (SSSR count). The van der Waals surface area contributed by atoms with Gasteiger partial charge >= 0.3 is 0 Å². The largest absolute Gasteiger partial charge is 0.343 e. The molecule has 0 bridgehead atoms. The molecular weight excluding hydrogens is 384 g/mol. The van der Waals surface area contributed by atoms with Crippen LogP contribution in [0.1, 0.15) is 28.5 Å². The number of aromatic amines is 1. The van der Waals surface area contributed by atoms with E-state index in [1.165, 1.54) is 24.3 Å². The summed E-state index contributed by atoms with van der Waals surface area (Å²) in [6, 6.07) is 8.38. The van der Waals surface area contributed by atoms with Crippen LogP contribution in [-0.4, -0.2) is 28.0 Å². The molecule has 0 radical (unpaired) electrons. The van der Waals surface area contributed by atoms with Crippen molar-refractivity contribution in [2.75, 3.05) is 5.88 Å². The first-order chi connectivity index (χ1) is 13.4. The summed E-state index contributed by atoms with van der Waals surface area (Å²) in [6.07, 6.45) is 3.36. The molecule has 4 nitrogen and oxygen atoms in total. The second kappa shape index (κ2) is 8.44. The van der Waals surface area contributed by atoms with Crippen molar-refractivity contribution in [1.29, 1.82) is 0 Å². The van der Waals surface area contributed by atoms with Gasteiger partial charge in [0.25, 0.3) is 5.91 Å². The van der Waals surface area contributed by atoms with E-state index in [0.717, 1.165) is 0 Å². The summed E-state index contributed by atoms with van der Waals surface area (Å²) >= 11 is 5.85. The van der Waals surface area contributed by atoms with Crippen LogP contribution in [0.5, 0.6) is 0 Å². The molecule has 1 heterocycles. The van der Waals surface area contributed by atoms with Crippen LogP contribution in [0.15, 0.2) is 36.4 Å². The predicted octanol–water partition coefficient (Wildman–Crippen LogP) is 4.82. The molecular formula is C21H19ClF2N3O+. The van der Waals surface area contributed by atoms with E-state index in [4.69, 9.17) is 11.6 Å². The maximum absolute atomic E-state index is 14.4. The van der Waals surface area contributed by atoms with Crippen LogP contribution in [0.3, 0.4) is 0 Å². The van der Waals surface area contributed by atoms with E-state index < -0.39 is 11.7 Å². The molecule has 0 spiro atoms. The maximum atomic E-state index is 14.4. The minimum Gasteiger partial charge on any atom is -0.343 e. The number of benzene rings is 2. The van der Waals surface area contributed by atoms with Crippen molar-refractivity contribution < 1.29 is 13.6 Å². The fourth-order valence-electron chi connectivity index (χ4n) is 2.72. The van der Waals surface area contributed by atoms with Crippen LogP contribution in [-0.2, 0) is 0 Å². The van der Waals surface area contributed by atoms with Gasteiger partial charge in [-0.05, 0) is 36.8 Å². The molecule has 0 aliphatic carbocycles. The van der Waals surface area contributed by atoms with Crippen molar-refractivity contribution in [2.24, 2.45) is 5.92 Å². The maximum Gasteiger partial charge on any atom is 0.254 e. The average Bonchev–Trinajstić information content (AvgIpc) is 3.05. The predicted molar refractivity (Wildman–Crippen MR) is 108 cm³/mol. The van der Waals surface area contributed by atoms with E-state index in [1.807, 2.05) is 6.92 Å². The van der Waals surface area contributed by atoms with Crippen molar-refractivity contribution in [2.45, 2.75) is 13.0 Å². The Balaban J connectivity index is 1.93. The first-order valence-corrected chi connectivity index (χ1v) is 9.23. The second-order valence-electron chi connectivity index (χ2n) is 6.59. The van der Waals surface area contributed by atoms with Gasteiger partial charge in [0.05, 0.1) is 29.7 Å². The highest BCUT2D eigenvalue weighted by atomic mass is 35.5. The van der Waals surface area contributed by atoms with Gasteiger partial charge in [0.2, 0.25) is 0 Å². The minimum absolute atomic E-state index is 0.106. The van der Waals surface area contributed by atoms with Crippen LogP contribution >= 0.6 is 11.6 Å². The normalized spacial score (nSPS) is 13.7. The molecule has 1 amide bonds. The number of rotatable bonds is 6. The molecule has 7 heteroatoms. The molecule has 0 aliphatic rings. The average molecular weight is 403 g/mol. The molecule has 144 valence electrons. The second-order valence-corrected chi connectivity index (χ2v) is 6.89. The molecule has 2 aromatic carbocycles. The van der Waals surface area contributed by atoms with Gasteiger partial charge in [-0.1, -0.05) is 18.2 Å². The highest BCUT2D eigenvalue weighted by Crippen LogP contribution is 2.23. The van der Waals surface area contributed by atoms with E-state index >= 15 is 0 Å². The smallest absolute Gasteiger partial charge is 0.254 e. The van der Waals surface area contributed by atoms with Crippen molar-refractivity contribution >= 4 is 40.6 Å². The van der Waals surface area contributed by atoms with Crippen LogP contribution in [0.2, 0.25) is 0 Å². The third-order valence-electron chi connectivity index (χ3n) is 4.38. The lowest BCUT2D eigenvalue weighted by Gasteiger charge is -2.16. The Labute approximate surface area is 166 Å². The Morgan fingerprint density at radius 3 is 2.79 bits per heavy atom. The monoisotopic (exact) mass is 402 g/mol. The van der Waals surface area contributed by atoms with Crippen LogP contribution in [0.4, 0.5) is 8.78 Å². The van der Waals surface area contributed by atoms with Gasteiger partial charge in [0.15, 0.2) is 0 Å². The van der Waals surface area contributed by atoms with Gasteiger partial charge in [-0.2, -0.15) is 5.10 Å². The number of carbonyl (C=O) groups is 1. The van der Waals surface area contributed by atoms with E-state index in [9.17, 15) is 13.6 Å². The highest BCUT2D eigenvalue weighted by molar-refractivity contribution is 6.18. The summed E-state index contributed by atoms with van der Waals surface area (Å²) in [6.45, 7) is 5.67. The number of carbonyl (C=O) groups excluding carboxylic acids is 1. The number of hydrogen-bond donors (Lipinski definition) is 2. The standard InChI is InChI=1S/C21H18ClF2N3O/c1-12(2)20(11-22)25-21(28)15-9-16-18(26-27-19(16)10-17(15)24)7-6-13-4-3-5-14(23)8-13/h3-10,12,20H,1,11H2,2H3,(H-,25,26,27,28)/p+1/b7-6+/t12?,20-/m1/s1. The number of fused-ring (bicyclic) bond motifs is 1. The van der Waals surface area contributed by atoms with E-state index in [2.05, 4.69) is 22.4 Å².